The summed E-state index contributed by atoms with van der Waals surface area (Å²) >= 11 is 0. The second-order valence-corrected chi connectivity index (χ2v) is 4.04. The van der Waals surface area contributed by atoms with Crippen molar-refractivity contribution < 1.29 is 0 Å². The molecule has 1 nitrogen and oxygen atoms in total. The van der Waals surface area contributed by atoms with Crippen molar-refractivity contribution in [2.75, 3.05) is 7.05 Å². The zero-order valence-corrected chi connectivity index (χ0v) is 9.46. The van der Waals surface area contributed by atoms with Crippen LogP contribution in [-0.2, 0) is 0 Å². The van der Waals surface area contributed by atoms with Crippen molar-refractivity contribution in [1.29, 1.82) is 0 Å². The van der Waals surface area contributed by atoms with E-state index in [-0.39, 0.29) is 5.54 Å². The highest BCUT2D eigenvalue weighted by Crippen LogP contribution is 2.17. The Hall–Kier alpha value is -0.980. The Kier molecular flexibility index (Phi) is 4.53. The van der Waals surface area contributed by atoms with Gasteiger partial charge in [-0.3, -0.25) is 0 Å². The maximum Gasteiger partial charge on any atom is 0.0324 e. The third-order valence-corrected chi connectivity index (χ3v) is 2.09. The SMILES string of the molecule is C=C/C=C\C(=C/C)N(C)C(C)(C)C. The lowest BCUT2D eigenvalue weighted by atomic mass is 10.1. The molecule has 0 aliphatic heterocycles. The van der Waals surface area contributed by atoms with Gasteiger partial charge in [0.15, 0.2) is 0 Å². The largest absolute Gasteiger partial charge is 0.370 e. The van der Waals surface area contributed by atoms with Crippen LogP contribution >= 0.6 is 0 Å². The first-order valence-corrected chi connectivity index (χ1v) is 4.62. The van der Waals surface area contributed by atoms with Gasteiger partial charge in [0.1, 0.15) is 0 Å². The van der Waals surface area contributed by atoms with Crippen molar-refractivity contribution in [3.8, 4) is 0 Å². The molecule has 0 fully saturated rings. The first kappa shape index (κ1) is 12.0. The molecule has 0 aromatic rings. The predicted octanol–water partition coefficient (Wildman–Crippen LogP) is 3.36. The summed E-state index contributed by atoms with van der Waals surface area (Å²) in [6.45, 7) is 12.3. The molecule has 13 heavy (non-hydrogen) atoms. The van der Waals surface area contributed by atoms with Crippen LogP contribution in [0.15, 0.2) is 36.6 Å². The highest BCUT2D eigenvalue weighted by Gasteiger charge is 2.16. The highest BCUT2D eigenvalue weighted by atomic mass is 15.2. The van der Waals surface area contributed by atoms with E-state index in [4.69, 9.17) is 0 Å². The lowest BCUT2D eigenvalue weighted by molar-refractivity contribution is 0.234. The molecule has 0 atom stereocenters. The molecule has 0 unspecified atom stereocenters. The van der Waals surface area contributed by atoms with Crippen molar-refractivity contribution in [2.45, 2.75) is 33.2 Å². The van der Waals surface area contributed by atoms with Crippen molar-refractivity contribution in [2.24, 2.45) is 0 Å². The summed E-state index contributed by atoms with van der Waals surface area (Å²) in [7, 11) is 2.10. The normalized spacial score (nSPS) is 13.5. The molecule has 0 aliphatic rings. The van der Waals surface area contributed by atoms with Crippen molar-refractivity contribution >= 4 is 0 Å². The minimum absolute atomic E-state index is 0.160. The summed E-state index contributed by atoms with van der Waals surface area (Å²) in [5, 5.41) is 0. The first-order valence-electron chi connectivity index (χ1n) is 4.62. The van der Waals surface area contributed by atoms with Gasteiger partial charge in [0.05, 0.1) is 0 Å². The molecule has 0 radical (unpaired) electrons. The second kappa shape index (κ2) is 4.90. The van der Waals surface area contributed by atoms with Gasteiger partial charge in [-0.15, -0.1) is 0 Å². The average molecular weight is 179 g/mol. The van der Waals surface area contributed by atoms with Gasteiger partial charge in [0.2, 0.25) is 0 Å². The molecule has 0 saturated heterocycles. The third-order valence-electron chi connectivity index (χ3n) is 2.09. The van der Waals surface area contributed by atoms with Crippen molar-refractivity contribution in [1.82, 2.24) is 4.90 Å². The Morgan fingerprint density at radius 2 is 1.85 bits per heavy atom. The summed E-state index contributed by atoms with van der Waals surface area (Å²) < 4.78 is 0. The van der Waals surface area contributed by atoms with Gasteiger partial charge in [-0.2, -0.15) is 0 Å². The fourth-order valence-corrected chi connectivity index (χ4v) is 0.956. The summed E-state index contributed by atoms with van der Waals surface area (Å²) in [6, 6.07) is 0. The Labute approximate surface area is 82.4 Å². The van der Waals surface area contributed by atoms with E-state index in [1.54, 1.807) is 6.08 Å². The number of nitrogens with zero attached hydrogens (tertiary/aromatic N) is 1. The van der Waals surface area contributed by atoms with Crippen LogP contribution in [0.3, 0.4) is 0 Å². The van der Waals surface area contributed by atoms with Crippen LogP contribution in [0.4, 0.5) is 0 Å². The number of likely N-dealkylation sites (N-methyl/N-ethyl adjacent to an activating group) is 1. The van der Waals surface area contributed by atoms with Crippen LogP contribution in [-0.4, -0.2) is 17.5 Å². The van der Waals surface area contributed by atoms with E-state index < -0.39 is 0 Å². The molecule has 1 heteroatoms. The molecule has 0 N–H and O–H groups in total. The Balaban J connectivity index is 4.62. The Morgan fingerprint density at radius 3 is 2.15 bits per heavy atom. The third kappa shape index (κ3) is 3.97. The smallest absolute Gasteiger partial charge is 0.0324 e. The van der Waals surface area contributed by atoms with Crippen LogP contribution in [0.1, 0.15) is 27.7 Å². The average Bonchev–Trinajstić information content (AvgIpc) is 2.04. The molecule has 0 aromatic heterocycles. The van der Waals surface area contributed by atoms with E-state index in [0.717, 1.165) is 0 Å². The summed E-state index contributed by atoms with van der Waals surface area (Å²) in [5.74, 6) is 0. The summed E-state index contributed by atoms with van der Waals surface area (Å²) in [6.07, 6.45) is 7.92. The maximum atomic E-state index is 3.66. The summed E-state index contributed by atoms with van der Waals surface area (Å²) in [4.78, 5) is 2.24. The van der Waals surface area contributed by atoms with E-state index in [1.807, 2.05) is 13.0 Å². The minimum atomic E-state index is 0.160. The standard InChI is InChI=1S/C12H21N/c1-7-9-10-11(8-2)13(6)12(3,4)5/h7-10H,1H2,2-6H3/b10-9-,11-8+. The number of hydrogen-bond donors (Lipinski definition) is 0. The van der Waals surface area contributed by atoms with Gasteiger partial charge in [0, 0.05) is 18.3 Å². The molecule has 0 rings (SSSR count). The minimum Gasteiger partial charge on any atom is -0.370 e. The van der Waals surface area contributed by atoms with Crippen LogP contribution in [0.2, 0.25) is 0 Å². The molecule has 0 heterocycles. The molecule has 0 spiro atoms. The lowest BCUT2D eigenvalue weighted by Crippen LogP contribution is -2.36. The predicted molar refractivity (Wildman–Crippen MR) is 60.6 cm³/mol. The van der Waals surface area contributed by atoms with E-state index in [2.05, 4.69) is 51.4 Å². The molecule has 0 saturated carbocycles. The quantitative estimate of drug-likeness (QED) is 0.600. The topological polar surface area (TPSA) is 3.24 Å². The van der Waals surface area contributed by atoms with Crippen molar-refractivity contribution in [3.05, 3.63) is 36.6 Å². The van der Waals surface area contributed by atoms with Crippen molar-refractivity contribution in [3.63, 3.8) is 0 Å². The van der Waals surface area contributed by atoms with E-state index in [0.29, 0.717) is 0 Å². The van der Waals surface area contributed by atoms with Crippen LogP contribution in [0, 0.1) is 0 Å². The number of allylic oxidation sites excluding steroid dienone is 4. The molecular weight excluding hydrogens is 158 g/mol. The van der Waals surface area contributed by atoms with E-state index >= 15 is 0 Å². The zero-order chi connectivity index (χ0) is 10.5. The molecule has 0 aliphatic carbocycles. The van der Waals surface area contributed by atoms with Gasteiger partial charge >= 0.3 is 0 Å². The van der Waals surface area contributed by atoms with Crippen LogP contribution < -0.4 is 0 Å². The number of rotatable bonds is 3. The molecule has 0 aromatic carbocycles. The van der Waals surface area contributed by atoms with Gasteiger partial charge in [-0.25, -0.2) is 0 Å². The Morgan fingerprint density at radius 1 is 1.31 bits per heavy atom. The first-order chi connectivity index (χ1) is 5.93. The monoisotopic (exact) mass is 179 g/mol. The van der Waals surface area contributed by atoms with Crippen LogP contribution in [0.25, 0.3) is 0 Å². The molecule has 74 valence electrons. The molecular formula is C12H21N. The van der Waals surface area contributed by atoms with Crippen LogP contribution in [0.5, 0.6) is 0 Å². The fourth-order valence-electron chi connectivity index (χ4n) is 0.956. The van der Waals surface area contributed by atoms with Gasteiger partial charge in [-0.1, -0.05) is 24.8 Å². The molecule has 0 amide bonds. The molecule has 0 bridgehead atoms. The van der Waals surface area contributed by atoms with Gasteiger partial charge in [0.25, 0.3) is 0 Å². The van der Waals surface area contributed by atoms with Gasteiger partial charge in [-0.05, 0) is 33.8 Å². The van der Waals surface area contributed by atoms with E-state index in [9.17, 15) is 0 Å². The number of hydrogen-bond acceptors (Lipinski definition) is 1. The summed E-state index contributed by atoms with van der Waals surface area (Å²) in [5.41, 5.74) is 1.38. The van der Waals surface area contributed by atoms with E-state index in [1.165, 1.54) is 5.70 Å². The Bertz CT molecular complexity index is 216. The highest BCUT2D eigenvalue weighted by molar-refractivity contribution is 5.21. The zero-order valence-electron chi connectivity index (χ0n) is 9.46. The van der Waals surface area contributed by atoms with Gasteiger partial charge < -0.3 is 4.90 Å². The maximum absolute atomic E-state index is 3.66. The fraction of sp³-hybridized carbons (Fsp3) is 0.500. The lowest BCUT2D eigenvalue weighted by Gasteiger charge is -2.34. The second-order valence-electron chi connectivity index (χ2n) is 4.04.